The first kappa shape index (κ1) is 19.4. The Bertz CT molecular complexity index is 923. The summed E-state index contributed by atoms with van der Waals surface area (Å²) in [6.45, 7) is 5.61. The highest BCUT2D eigenvalue weighted by Crippen LogP contribution is 2.39. The lowest BCUT2D eigenvalue weighted by atomic mass is 9.98. The lowest BCUT2D eigenvalue weighted by molar-refractivity contribution is -0.117. The van der Waals surface area contributed by atoms with Crippen molar-refractivity contribution in [2.75, 3.05) is 18.4 Å². The smallest absolute Gasteiger partial charge is 0.238 e. The van der Waals surface area contributed by atoms with Crippen molar-refractivity contribution in [3.8, 4) is 0 Å². The van der Waals surface area contributed by atoms with E-state index in [4.69, 9.17) is 0 Å². The molecule has 0 aliphatic carbocycles. The van der Waals surface area contributed by atoms with Crippen LogP contribution >= 0.6 is 22.7 Å². The monoisotopic (exact) mass is 410 g/mol. The van der Waals surface area contributed by atoms with Crippen LogP contribution in [0.5, 0.6) is 0 Å². The summed E-state index contributed by atoms with van der Waals surface area (Å²) in [5, 5.41) is 7.54. The number of nitrogens with one attached hydrogen (secondary N) is 1. The molecule has 0 saturated heterocycles. The fraction of sp³-hybridized carbons (Fsp3) is 0.348. The third-order valence-corrected chi connectivity index (χ3v) is 7.41. The standard InChI is InChI=1S/C23H26N2OS2/c1-3-16-7-5-8-17(4-2)22(16)24-21(26)15-25-12-10-19-18(11-14-28-19)23(25)20-9-6-13-27-20/h5-9,11,13-14,23H,3-4,10,12,15H2,1-2H3,(H,24,26). The van der Waals surface area contributed by atoms with Gasteiger partial charge in [0.15, 0.2) is 0 Å². The number of anilines is 1. The summed E-state index contributed by atoms with van der Waals surface area (Å²) in [5.74, 6) is 0.0795. The maximum Gasteiger partial charge on any atom is 0.238 e. The van der Waals surface area contributed by atoms with Gasteiger partial charge in [0.25, 0.3) is 0 Å². The highest BCUT2D eigenvalue weighted by atomic mass is 32.1. The molecule has 3 aromatic rings. The van der Waals surface area contributed by atoms with Crippen molar-refractivity contribution in [3.05, 3.63) is 73.6 Å². The van der Waals surface area contributed by atoms with Crippen molar-refractivity contribution in [2.45, 2.75) is 39.2 Å². The molecule has 0 saturated carbocycles. The van der Waals surface area contributed by atoms with Crippen molar-refractivity contribution >= 4 is 34.3 Å². The minimum atomic E-state index is 0.0795. The Hall–Kier alpha value is -1.95. The van der Waals surface area contributed by atoms with E-state index in [1.165, 1.54) is 26.4 Å². The molecule has 1 aromatic carbocycles. The first-order valence-corrected chi connectivity index (χ1v) is 11.7. The van der Waals surface area contributed by atoms with Crippen LogP contribution in [0.25, 0.3) is 0 Å². The summed E-state index contributed by atoms with van der Waals surface area (Å²) < 4.78 is 0. The normalized spacial score (nSPS) is 16.7. The zero-order valence-electron chi connectivity index (χ0n) is 16.4. The number of hydrogen-bond acceptors (Lipinski definition) is 4. The molecule has 28 heavy (non-hydrogen) atoms. The zero-order chi connectivity index (χ0) is 19.5. The lowest BCUT2D eigenvalue weighted by Gasteiger charge is -2.35. The molecule has 5 heteroatoms. The predicted octanol–water partition coefficient (Wildman–Crippen LogP) is 5.52. The number of para-hydroxylation sites is 1. The van der Waals surface area contributed by atoms with E-state index in [2.05, 4.69) is 71.2 Å². The lowest BCUT2D eigenvalue weighted by Crippen LogP contribution is -2.40. The van der Waals surface area contributed by atoms with Gasteiger partial charge < -0.3 is 5.32 Å². The maximum atomic E-state index is 13.0. The fourth-order valence-electron chi connectivity index (χ4n) is 4.09. The number of benzene rings is 1. The van der Waals surface area contributed by atoms with E-state index in [0.717, 1.165) is 31.5 Å². The minimum absolute atomic E-state index is 0.0795. The Kier molecular flexibility index (Phi) is 5.95. The zero-order valence-corrected chi connectivity index (χ0v) is 18.0. The van der Waals surface area contributed by atoms with Crippen molar-refractivity contribution < 1.29 is 4.79 Å². The molecule has 4 rings (SSSR count). The SMILES string of the molecule is CCc1cccc(CC)c1NC(=O)CN1CCc2sccc2C1c1cccs1. The Balaban J connectivity index is 1.56. The van der Waals surface area contributed by atoms with Crippen LogP contribution in [0, 0.1) is 0 Å². The average Bonchev–Trinajstić information content (AvgIpc) is 3.39. The molecule has 0 fully saturated rings. The van der Waals surface area contributed by atoms with Gasteiger partial charge >= 0.3 is 0 Å². The molecule has 1 aliphatic heterocycles. The highest BCUT2D eigenvalue weighted by molar-refractivity contribution is 7.10. The largest absolute Gasteiger partial charge is 0.324 e. The van der Waals surface area contributed by atoms with E-state index in [1.807, 2.05) is 11.3 Å². The third-order valence-electron chi connectivity index (χ3n) is 5.49. The van der Waals surface area contributed by atoms with Crippen LogP contribution in [0.15, 0.2) is 47.2 Å². The van der Waals surface area contributed by atoms with Gasteiger partial charge in [0.05, 0.1) is 12.6 Å². The molecule has 0 spiro atoms. The first-order valence-electron chi connectivity index (χ1n) is 9.95. The average molecular weight is 411 g/mol. The number of hydrogen-bond donors (Lipinski definition) is 1. The van der Waals surface area contributed by atoms with Gasteiger partial charge in [0.1, 0.15) is 0 Å². The van der Waals surface area contributed by atoms with E-state index in [0.29, 0.717) is 6.54 Å². The van der Waals surface area contributed by atoms with Crippen LogP contribution in [0.3, 0.4) is 0 Å². The predicted molar refractivity (Wildman–Crippen MR) is 120 cm³/mol. The summed E-state index contributed by atoms with van der Waals surface area (Å²) in [6, 6.07) is 13.0. The summed E-state index contributed by atoms with van der Waals surface area (Å²) in [6.07, 6.45) is 2.86. The van der Waals surface area contributed by atoms with Crippen LogP contribution in [-0.2, 0) is 24.1 Å². The molecular formula is C23H26N2OS2. The van der Waals surface area contributed by atoms with Gasteiger partial charge in [-0.15, -0.1) is 22.7 Å². The Labute approximate surface area is 175 Å². The molecule has 2 aromatic heterocycles. The van der Waals surface area contributed by atoms with Crippen LogP contribution in [0.1, 0.15) is 46.3 Å². The second-order valence-corrected chi connectivity index (χ2v) is 9.12. The highest BCUT2D eigenvalue weighted by Gasteiger charge is 2.31. The van der Waals surface area contributed by atoms with E-state index < -0.39 is 0 Å². The van der Waals surface area contributed by atoms with Crippen LogP contribution < -0.4 is 5.32 Å². The topological polar surface area (TPSA) is 32.3 Å². The number of fused-ring (bicyclic) bond motifs is 1. The third kappa shape index (κ3) is 3.79. The van der Waals surface area contributed by atoms with Crippen molar-refractivity contribution in [2.24, 2.45) is 0 Å². The summed E-state index contributed by atoms with van der Waals surface area (Å²) in [7, 11) is 0. The van der Waals surface area contributed by atoms with E-state index in [9.17, 15) is 4.79 Å². The van der Waals surface area contributed by atoms with Gasteiger partial charge in [-0.2, -0.15) is 0 Å². The number of amides is 1. The Morgan fingerprint density at radius 2 is 1.86 bits per heavy atom. The van der Waals surface area contributed by atoms with Crippen molar-refractivity contribution in [3.63, 3.8) is 0 Å². The maximum absolute atomic E-state index is 13.0. The van der Waals surface area contributed by atoms with Crippen molar-refractivity contribution in [1.29, 1.82) is 0 Å². The fourth-order valence-corrected chi connectivity index (χ4v) is 5.87. The van der Waals surface area contributed by atoms with E-state index in [1.54, 1.807) is 11.3 Å². The number of nitrogens with zero attached hydrogens (tertiary/aromatic N) is 1. The molecule has 146 valence electrons. The first-order chi connectivity index (χ1) is 13.7. The molecule has 1 aliphatic rings. The second kappa shape index (κ2) is 8.60. The van der Waals surface area contributed by atoms with Gasteiger partial charge in [-0.25, -0.2) is 0 Å². The van der Waals surface area contributed by atoms with Crippen molar-refractivity contribution in [1.82, 2.24) is 4.90 Å². The Morgan fingerprint density at radius 3 is 2.54 bits per heavy atom. The molecule has 1 amide bonds. The van der Waals surface area contributed by atoms with Gasteiger partial charge in [0.2, 0.25) is 5.91 Å². The number of carbonyl (C=O) groups excluding carboxylic acids is 1. The van der Waals surface area contributed by atoms with Crippen LogP contribution in [0.2, 0.25) is 0 Å². The molecule has 1 atom stereocenters. The number of aryl methyl sites for hydroxylation is 2. The van der Waals surface area contributed by atoms with Gasteiger partial charge in [-0.1, -0.05) is 38.1 Å². The quantitative estimate of drug-likeness (QED) is 0.580. The van der Waals surface area contributed by atoms with Crippen LogP contribution in [0.4, 0.5) is 5.69 Å². The van der Waals surface area contributed by atoms with Crippen LogP contribution in [-0.4, -0.2) is 23.9 Å². The Morgan fingerprint density at radius 1 is 1.07 bits per heavy atom. The molecule has 0 bridgehead atoms. The number of thiophene rings is 2. The van der Waals surface area contributed by atoms with Gasteiger partial charge in [-0.05, 0) is 58.8 Å². The van der Waals surface area contributed by atoms with Gasteiger partial charge in [0, 0.05) is 22.0 Å². The number of rotatable bonds is 6. The summed E-state index contributed by atoms with van der Waals surface area (Å²) >= 11 is 3.61. The summed E-state index contributed by atoms with van der Waals surface area (Å²) in [5.41, 5.74) is 4.80. The van der Waals surface area contributed by atoms with E-state index >= 15 is 0 Å². The molecule has 3 nitrogen and oxygen atoms in total. The van der Waals surface area contributed by atoms with Gasteiger partial charge in [-0.3, -0.25) is 9.69 Å². The van der Waals surface area contributed by atoms with E-state index in [-0.39, 0.29) is 11.9 Å². The molecule has 1 unspecified atom stereocenters. The minimum Gasteiger partial charge on any atom is -0.324 e. The molecule has 3 heterocycles. The molecule has 1 N–H and O–H groups in total. The summed E-state index contributed by atoms with van der Waals surface area (Å²) in [4.78, 5) is 18.1. The molecular weight excluding hydrogens is 384 g/mol. The second-order valence-electron chi connectivity index (χ2n) is 7.14. The number of carbonyl (C=O) groups is 1. The molecule has 0 radical (unpaired) electrons.